The zero-order valence-electron chi connectivity index (χ0n) is 38.6. The number of hydrogen-bond donors (Lipinski definition) is 0. The van der Waals surface area contributed by atoms with Crippen LogP contribution in [0.25, 0.3) is 101 Å². The van der Waals surface area contributed by atoms with Crippen LogP contribution in [0.5, 0.6) is 0 Å². The summed E-state index contributed by atoms with van der Waals surface area (Å²) in [5.74, 6) is 0.925. The molecule has 0 amide bonds. The van der Waals surface area contributed by atoms with Crippen LogP contribution in [0, 0.1) is 0 Å². The van der Waals surface area contributed by atoms with Crippen molar-refractivity contribution >= 4 is 44.9 Å². The van der Waals surface area contributed by atoms with Gasteiger partial charge in [0.1, 0.15) is 0 Å². The highest BCUT2D eigenvalue weighted by molar-refractivity contribution is 6.12. The van der Waals surface area contributed by atoms with E-state index >= 15 is 0 Å². The van der Waals surface area contributed by atoms with E-state index in [-0.39, 0.29) is 16.7 Å². The van der Waals surface area contributed by atoms with Crippen LogP contribution in [0.3, 0.4) is 0 Å². The molecular formula is C64H48N4. The number of para-hydroxylation sites is 2. The van der Waals surface area contributed by atoms with Crippen molar-refractivity contribution in [3.8, 4) is 56.4 Å². The Bertz CT molecular complexity index is 4000. The zero-order chi connectivity index (χ0) is 45.5. The van der Waals surface area contributed by atoms with Gasteiger partial charge in [0.2, 0.25) is 0 Å². The van der Waals surface area contributed by atoms with E-state index in [1.165, 1.54) is 87.9 Å². The predicted molar refractivity (Wildman–Crippen MR) is 281 cm³/mol. The van der Waals surface area contributed by atoms with Crippen LogP contribution in [-0.4, -0.2) is 19.1 Å². The number of rotatable bonds is 5. The normalized spacial score (nSPS) is 15.9. The van der Waals surface area contributed by atoms with Crippen molar-refractivity contribution in [1.29, 1.82) is 0 Å². The second kappa shape index (κ2) is 14.2. The Kier molecular flexibility index (Phi) is 8.18. The monoisotopic (exact) mass is 872 g/mol. The van der Waals surface area contributed by atoms with Gasteiger partial charge in [0.15, 0.2) is 5.82 Å². The highest BCUT2D eigenvalue weighted by Gasteiger charge is 2.37. The van der Waals surface area contributed by atoms with Crippen LogP contribution in [0.4, 0.5) is 0 Å². The Hall–Kier alpha value is -8.08. The molecule has 4 nitrogen and oxygen atoms in total. The molecule has 1 aliphatic heterocycles. The summed E-state index contributed by atoms with van der Waals surface area (Å²) in [7, 11) is 0. The molecule has 8 aromatic carbocycles. The Morgan fingerprint density at radius 3 is 1.90 bits per heavy atom. The van der Waals surface area contributed by atoms with Gasteiger partial charge in [0, 0.05) is 65.9 Å². The first-order valence-corrected chi connectivity index (χ1v) is 24.0. The van der Waals surface area contributed by atoms with Gasteiger partial charge in [-0.3, -0.25) is 0 Å². The maximum Gasteiger partial charge on any atom is 0.160 e. The molecule has 0 radical (unpaired) electrons. The molecule has 3 aliphatic rings. The number of hydrogen-bond acceptors (Lipinski definition) is 2. The Morgan fingerprint density at radius 2 is 1.12 bits per heavy atom. The average molecular weight is 873 g/mol. The Balaban J connectivity index is 0.966. The van der Waals surface area contributed by atoms with E-state index in [2.05, 4.69) is 225 Å². The molecule has 324 valence electrons. The molecule has 0 spiro atoms. The Morgan fingerprint density at radius 1 is 0.471 bits per heavy atom. The summed E-state index contributed by atoms with van der Waals surface area (Å²) in [4.78, 5) is 10.5. The van der Waals surface area contributed by atoms with Crippen LogP contribution in [0.1, 0.15) is 67.9 Å². The summed E-state index contributed by atoms with van der Waals surface area (Å²) in [6.45, 7) is 9.51. The number of benzene rings is 8. The minimum Gasteiger partial charge on any atom is -0.309 e. The van der Waals surface area contributed by atoms with E-state index < -0.39 is 0 Å². The second-order valence-electron chi connectivity index (χ2n) is 20.1. The third kappa shape index (κ3) is 5.55. The van der Waals surface area contributed by atoms with E-state index in [1.807, 2.05) is 12.1 Å². The largest absolute Gasteiger partial charge is 0.309 e. The third-order valence-corrected chi connectivity index (χ3v) is 15.6. The number of nitrogens with zero attached hydrogens (tertiary/aromatic N) is 4. The molecule has 11 aromatic rings. The molecule has 0 N–H and O–H groups in total. The zero-order valence-corrected chi connectivity index (χ0v) is 38.6. The van der Waals surface area contributed by atoms with Crippen molar-refractivity contribution < 1.29 is 0 Å². The smallest absolute Gasteiger partial charge is 0.160 e. The number of aromatic nitrogens is 4. The van der Waals surface area contributed by atoms with E-state index in [9.17, 15) is 0 Å². The lowest BCUT2D eigenvalue weighted by Gasteiger charge is -2.34. The van der Waals surface area contributed by atoms with Crippen LogP contribution in [0.2, 0.25) is 0 Å². The predicted octanol–water partition coefficient (Wildman–Crippen LogP) is 14.2. The van der Waals surface area contributed by atoms with E-state index in [0.717, 1.165) is 40.2 Å². The van der Waals surface area contributed by atoms with Gasteiger partial charge in [-0.15, -0.1) is 0 Å². The van der Waals surface area contributed by atoms with Crippen LogP contribution < -0.4 is 10.6 Å². The molecule has 0 fully saturated rings. The lowest BCUT2D eigenvalue weighted by atomic mass is 9.75. The van der Waals surface area contributed by atoms with Crippen LogP contribution in [0.15, 0.2) is 188 Å². The molecular weight excluding hydrogens is 825 g/mol. The molecule has 4 heterocycles. The van der Waals surface area contributed by atoms with E-state index in [1.54, 1.807) is 0 Å². The molecule has 1 atom stereocenters. The van der Waals surface area contributed by atoms with Gasteiger partial charge < -0.3 is 9.13 Å². The molecule has 1 unspecified atom stereocenters. The van der Waals surface area contributed by atoms with Crippen LogP contribution >= 0.6 is 0 Å². The summed E-state index contributed by atoms with van der Waals surface area (Å²) in [6.07, 6.45) is 5.99. The SMILES string of the molecule is CC1(C)c2ccccc2-c2cc3c4cc(C5C=c6c(n7c8c(cccc68)C(C)(C)c6ccccc6-7)=CC5)ccc4n(-c4cccc(-c5nc(-c6ccccc6)cc(-c6ccccc6)n5)c4)c3cc21. The molecule has 68 heavy (non-hydrogen) atoms. The fraction of sp³-hybridized carbons (Fsp3) is 0.125. The fourth-order valence-electron chi connectivity index (χ4n) is 12.2. The maximum absolute atomic E-state index is 5.24. The van der Waals surface area contributed by atoms with Crippen molar-refractivity contribution in [3.05, 3.63) is 226 Å². The maximum atomic E-state index is 5.24. The van der Waals surface area contributed by atoms with Crippen molar-refractivity contribution in [1.82, 2.24) is 19.1 Å². The quantitative estimate of drug-likeness (QED) is 0.173. The van der Waals surface area contributed by atoms with Gasteiger partial charge >= 0.3 is 0 Å². The van der Waals surface area contributed by atoms with Gasteiger partial charge in [-0.1, -0.05) is 179 Å². The lowest BCUT2D eigenvalue weighted by Crippen LogP contribution is -2.34. The molecule has 14 rings (SSSR count). The summed E-state index contributed by atoms with van der Waals surface area (Å²) in [6, 6.07) is 68.9. The highest BCUT2D eigenvalue weighted by Crippen LogP contribution is 2.51. The molecule has 0 saturated carbocycles. The van der Waals surface area contributed by atoms with Crippen molar-refractivity contribution in [2.75, 3.05) is 0 Å². The number of fused-ring (bicyclic) bond motifs is 11. The minimum absolute atomic E-state index is 0.0918. The first-order valence-electron chi connectivity index (χ1n) is 24.0. The molecule has 2 aliphatic carbocycles. The minimum atomic E-state index is -0.144. The first kappa shape index (κ1) is 39.1. The van der Waals surface area contributed by atoms with Crippen molar-refractivity contribution in [2.45, 2.75) is 50.9 Å². The van der Waals surface area contributed by atoms with E-state index in [4.69, 9.17) is 9.97 Å². The summed E-state index contributed by atoms with van der Waals surface area (Å²) in [5, 5.41) is 6.52. The topological polar surface area (TPSA) is 35.6 Å². The molecule has 0 bridgehead atoms. The highest BCUT2D eigenvalue weighted by atomic mass is 15.0. The molecule has 0 saturated heterocycles. The van der Waals surface area contributed by atoms with Gasteiger partial charge in [-0.05, 0) is 93.9 Å². The van der Waals surface area contributed by atoms with E-state index in [0.29, 0.717) is 5.82 Å². The van der Waals surface area contributed by atoms with Gasteiger partial charge in [-0.25, -0.2) is 9.97 Å². The fourth-order valence-corrected chi connectivity index (χ4v) is 12.2. The second-order valence-corrected chi connectivity index (χ2v) is 20.1. The van der Waals surface area contributed by atoms with Gasteiger partial charge in [-0.2, -0.15) is 0 Å². The standard InChI is InChI=1S/C64H48N4/c1-63(2)51-25-12-11-23-45(51)47-36-50-49-35-42(41-30-32-58-48(34-41)46-24-16-27-53-61(46)68(58)59-28-14-13-26-52(59)64(53,3)4)29-31-57(49)67(60(50)37-54(47)63)44-22-15-21-43(33-44)62-65-55(39-17-7-5-8-18-39)38-56(66-62)40-19-9-6-10-20-40/h5-29,31-38,41H,30H2,1-4H3. The summed E-state index contributed by atoms with van der Waals surface area (Å²) < 4.78 is 5.03. The van der Waals surface area contributed by atoms with Crippen molar-refractivity contribution in [2.24, 2.45) is 0 Å². The van der Waals surface area contributed by atoms with Gasteiger partial charge in [0.05, 0.1) is 33.6 Å². The molecule has 4 heteroatoms. The third-order valence-electron chi connectivity index (χ3n) is 15.6. The van der Waals surface area contributed by atoms with Crippen LogP contribution in [-0.2, 0) is 10.8 Å². The summed E-state index contributed by atoms with van der Waals surface area (Å²) >= 11 is 0. The van der Waals surface area contributed by atoms with Crippen molar-refractivity contribution in [3.63, 3.8) is 0 Å². The van der Waals surface area contributed by atoms with Gasteiger partial charge in [0.25, 0.3) is 0 Å². The summed E-state index contributed by atoms with van der Waals surface area (Å²) in [5.41, 5.74) is 20.3. The Labute approximate surface area is 395 Å². The average Bonchev–Trinajstić information content (AvgIpc) is 3.97. The lowest BCUT2D eigenvalue weighted by molar-refractivity contribution is 0.627. The first-order chi connectivity index (χ1) is 33.2. The molecule has 3 aromatic heterocycles.